The standard InChI is InChI=1S/C32H30N2O3S/c1-32(20-37-21-32)28-7-3-6-24(15-28)22-4-2-5-23(14-22)25-10-11-33-29(16-25)18-34-31(35)26-8-9-27-19-36-12-13-38-30(27)17-26/h2-11,14-17H,12-13,18-21H2,1H3,(H,34,35). The first-order valence-electron chi connectivity index (χ1n) is 12.9. The van der Waals surface area contributed by atoms with E-state index in [0.717, 1.165) is 52.9 Å². The summed E-state index contributed by atoms with van der Waals surface area (Å²) in [6.07, 6.45) is 1.81. The summed E-state index contributed by atoms with van der Waals surface area (Å²) in [5, 5.41) is 3.03. The molecule has 5 nitrogen and oxygen atoms in total. The third-order valence-corrected chi connectivity index (χ3v) is 8.31. The molecular formula is C32H30N2O3S. The molecule has 38 heavy (non-hydrogen) atoms. The van der Waals surface area contributed by atoms with E-state index in [1.807, 2.05) is 30.3 Å². The fourth-order valence-corrected chi connectivity index (χ4v) is 5.84. The van der Waals surface area contributed by atoms with E-state index in [4.69, 9.17) is 9.47 Å². The number of fused-ring (bicyclic) bond motifs is 1. The van der Waals surface area contributed by atoms with Gasteiger partial charge in [0.05, 0.1) is 38.7 Å². The lowest BCUT2D eigenvalue weighted by atomic mass is 9.80. The van der Waals surface area contributed by atoms with Crippen molar-refractivity contribution in [3.8, 4) is 22.3 Å². The van der Waals surface area contributed by atoms with Crippen LogP contribution >= 0.6 is 11.8 Å². The number of aromatic nitrogens is 1. The van der Waals surface area contributed by atoms with E-state index in [1.54, 1.807) is 18.0 Å². The molecule has 2 aliphatic heterocycles. The Hall–Kier alpha value is -3.45. The molecule has 0 aliphatic carbocycles. The second-order valence-electron chi connectivity index (χ2n) is 10.2. The highest BCUT2D eigenvalue weighted by Crippen LogP contribution is 2.35. The fraction of sp³-hybridized carbons (Fsp3) is 0.250. The number of hydrogen-bond donors (Lipinski definition) is 1. The number of hydrogen-bond acceptors (Lipinski definition) is 5. The maximum absolute atomic E-state index is 12.9. The molecule has 1 saturated heterocycles. The zero-order valence-corrected chi connectivity index (χ0v) is 22.2. The largest absolute Gasteiger partial charge is 0.379 e. The predicted octanol–water partition coefficient (Wildman–Crippen LogP) is 6.26. The van der Waals surface area contributed by atoms with Gasteiger partial charge in [-0.25, -0.2) is 0 Å². The van der Waals surface area contributed by atoms with E-state index >= 15 is 0 Å². The molecule has 3 aromatic carbocycles. The molecule has 0 unspecified atom stereocenters. The average molecular weight is 523 g/mol. The molecule has 6 heteroatoms. The number of thioether (sulfide) groups is 1. The molecule has 0 radical (unpaired) electrons. The number of rotatable bonds is 6. The van der Waals surface area contributed by atoms with E-state index in [1.165, 1.54) is 16.7 Å². The van der Waals surface area contributed by atoms with Gasteiger partial charge in [-0.1, -0.05) is 55.5 Å². The van der Waals surface area contributed by atoms with Crippen LogP contribution in [0.2, 0.25) is 0 Å². The van der Waals surface area contributed by atoms with Gasteiger partial charge in [0.15, 0.2) is 0 Å². The number of benzene rings is 3. The molecule has 3 heterocycles. The lowest BCUT2D eigenvalue weighted by Gasteiger charge is -2.38. The van der Waals surface area contributed by atoms with Crippen LogP contribution in [0.5, 0.6) is 0 Å². The van der Waals surface area contributed by atoms with E-state index in [0.29, 0.717) is 18.7 Å². The summed E-state index contributed by atoms with van der Waals surface area (Å²) >= 11 is 1.74. The van der Waals surface area contributed by atoms with Crippen LogP contribution in [0, 0.1) is 0 Å². The van der Waals surface area contributed by atoms with Gasteiger partial charge in [-0.3, -0.25) is 9.78 Å². The summed E-state index contributed by atoms with van der Waals surface area (Å²) in [6.45, 7) is 5.49. The first kappa shape index (κ1) is 24.9. The van der Waals surface area contributed by atoms with Crippen molar-refractivity contribution in [3.63, 3.8) is 0 Å². The topological polar surface area (TPSA) is 60.5 Å². The highest BCUT2D eigenvalue weighted by molar-refractivity contribution is 7.99. The van der Waals surface area contributed by atoms with Crippen LogP contribution < -0.4 is 5.32 Å². The van der Waals surface area contributed by atoms with Crippen molar-refractivity contribution in [3.05, 3.63) is 107 Å². The van der Waals surface area contributed by atoms with Crippen LogP contribution in [0.15, 0.2) is 90.0 Å². The average Bonchev–Trinajstić information content (AvgIpc) is 3.20. The Morgan fingerprint density at radius 1 is 0.921 bits per heavy atom. The van der Waals surface area contributed by atoms with Gasteiger partial charge in [0, 0.05) is 27.8 Å². The van der Waals surface area contributed by atoms with Gasteiger partial charge >= 0.3 is 0 Å². The molecule has 2 aliphatic rings. The van der Waals surface area contributed by atoms with Crippen molar-refractivity contribution in [2.75, 3.05) is 25.6 Å². The third-order valence-electron chi connectivity index (χ3n) is 7.25. The van der Waals surface area contributed by atoms with Crippen molar-refractivity contribution in [1.29, 1.82) is 0 Å². The van der Waals surface area contributed by atoms with E-state index in [2.05, 4.69) is 65.8 Å². The molecule has 0 atom stereocenters. The van der Waals surface area contributed by atoms with Crippen molar-refractivity contribution in [2.24, 2.45) is 0 Å². The first-order chi connectivity index (χ1) is 18.6. The van der Waals surface area contributed by atoms with Crippen LogP contribution in [-0.2, 0) is 28.0 Å². The maximum atomic E-state index is 12.9. The molecule has 6 rings (SSSR count). The van der Waals surface area contributed by atoms with E-state index < -0.39 is 0 Å². The normalized spacial score (nSPS) is 16.1. The molecule has 1 amide bonds. The minimum atomic E-state index is -0.0989. The lowest BCUT2D eigenvalue weighted by molar-refractivity contribution is -0.0499. The van der Waals surface area contributed by atoms with Gasteiger partial charge in [-0.05, 0) is 63.7 Å². The monoisotopic (exact) mass is 522 g/mol. The highest BCUT2D eigenvalue weighted by atomic mass is 32.2. The van der Waals surface area contributed by atoms with Crippen molar-refractivity contribution >= 4 is 17.7 Å². The number of ether oxygens (including phenoxy) is 2. The van der Waals surface area contributed by atoms with Crippen LogP contribution in [0.25, 0.3) is 22.3 Å². The Balaban J connectivity index is 1.17. The molecule has 0 bridgehead atoms. The number of nitrogens with zero attached hydrogens (tertiary/aromatic N) is 1. The van der Waals surface area contributed by atoms with Gasteiger partial charge < -0.3 is 14.8 Å². The zero-order valence-electron chi connectivity index (χ0n) is 21.4. The molecule has 1 aromatic heterocycles. The van der Waals surface area contributed by atoms with Crippen LogP contribution in [0.1, 0.15) is 34.1 Å². The van der Waals surface area contributed by atoms with Crippen molar-refractivity contribution in [2.45, 2.75) is 30.4 Å². The summed E-state index contributed by atoms with van der Waals surface area (Å²) in [7, 11) is 0. The third kappa shape index (κ3) is 5.25. The molecule has 4 aromatic rings. The van der Waals surface area contributed by atoms with Crippen LogP contribution in [-0.4, -0.2) is 36.5 Å². The number of nitrogens with one attached hydrogen (secondary N) is 1. The Morgan fingerprint density at radius 2 is 1.68 bits per heavy atom. The van der Waals surface area contributed by atoms with Gasteiger partial charge in [-0.2, -0.15) is 0 Å². The van der Waals surface area contributed by atoms with Gasteiger partial charge in [0.2, 0.25) is 0 Å². The Bertz CT molecular complexity index is 1480. The quantitative estimate of drug-likeness (QED) is 0.324. The van der Waals surface area contributed by atoms with Crippen molar-refractivity contribution in [1.82, 2.24) is 10.3 Å². The van der Waals surface area contributed by atoms with Crippen LogP contribution in [0.3, 0.4) is 0 Å². The SMILES string of the molecule is CC1(c2cccc(-c3cccc(-c4ccnc(CNC(=O)c5ccc6c(c5)SCCOC6)c4)c3)c2)COC1. The number of amides is 1. The van der Waals surface area contributed by atoms with Gasteiger partial charge in [0.25, 0.3) is 5.91 Å². The molecular weight excluding hydrogens is 492 g/mol. The van der Waals surface area contributed by atoms with Crippen LogP contribution in [0.4, 0.5) is 0 Å². The fourth-order valence-electron chi connectivity index (χ4n) is 4.90. The second-order valence-corrected chi connectivity index (χ2v) is 11.3. The number of carbonyl (C=O) groups excluding carboxylic acids is 1. The van der Waals surface area contributed by atoms with E-state index in [-0.39, 0.29) is 11.3 Å². The zero-order chi connectivity index (χ0) is 26.0. The molecule has 1 fully saturated rings. The second kappa shape index (κ2) is 10.7. The summed E-state index contributed by atoms with van der Waals surface area (Å²) in [5.41, 5.74) is 8.59. The molecule has 0 spiro atoms. The molecule has 192 valence electrons. The van der Waals surface area contributed by atoms with Crippen molar-refractivity contribution < 1.29 is 14.3 Å². The summed E-state index contributed by atoms with van der Waals surface area (Å²) in [4.78, 5) is 18.5. The predicted molar refractivity (Wildman–Crippen MR) is 151 cm³/mol. The van der Waals surface area contributed by atoms with Gasteiger partial charge in [-0.15, -0.1) is 11.8 Å². The minimum absolute atomic E-state index is 0.0989. The number of pyridine rings is 1. The first-order valence-corrected chi connectivity index (χ1v) is 13.9. The molecule has 1 N–H and O–H groups in total. The maximum Gasteiger partial charge on any atom is 0.251 e. The minimum Gasteiger partial charge on any atom is -0.379 e. The molecule has 0 saturated carbocycles. The smallest absolute Gasteiger partial charge is 0.251 e. The highest BCUT2D eigenvalue weighted by Gasteiger charge is 2.35. The Labute approximate surface area is 227 Å². The van der Waals surface area contributed by atoms with Gasteiger partial charge in [0.1, 0.15) is 0 Å². The summed E-state index contributed by atoms with van der Waals surface area (Å²) in [6, 6.07) is 27.2. The lowest BCUT2D eigenvalue weighted by Crippen LogP contribution is -2.43. The Morgan fingerprint density at radius 3 is 2.47 bits per heavy atom. The summed E-state index contributed by atoms with van der Waals surface area (Å²) in [5.74, 6) is 0.800. The van der Waals surface area contributed by atoms with E-state index in [9.17, 15) is 4.79 Å². The number of carbonyl (C=O) groups is 1. The Kier molecular flexibility index (Phi) is 7.02. The summed E-state index contributed by atoms with van der Waals surface area (Å²) < 4.78 is 11.1.